The average Bonchev–Trinajstić information content (AvgIpc) is 2.70. The molecule has 0 saturated heterocycles. The van der Waals surface area contributed by atoms with Crippen molar-refractivity contribution in [1.29, 1.82) is 0 Å². The van der Waals surface area contributed by atoms with Crippen molar-refractivity contribution in [1.82, 2.24) is 4.90 Å². The molecule has 2 rings (SSSR count). The first-order valence-electron chi connectivity index (χ1n) is 8.80. The van der Waals surface area contributed by atoms with Gasteiger partial charge in [0.2, 0.25) is 5.91 Å². The summed E-state index contributed by atoms with van der Waals surface area (Å²) in [5.41, 5.74) is 1.20. The summed E-state index contributed by atoms with van der Waals surface area (Å²) in [6.07, 6.45) is 2.89. The maximum atomic E-state index is 13.8. The van der Waals surface area contributed by atoms with Crippen LogP contribution in [0.25, 0.3) is 6.08 Å². The van der Waals surface area contributed by atoms with Gasteiger partial charge < -0.3 is 19.1 Å². The quantitative estimate of drug-likeness (QED) is 0.572. The fourth-order valence-electron chi connectivity index (χ4n) is 2.63. The smallest absolute Gasteiger partial charge is 0.387 e. The van der Waals surface area contributed by atoms with Crippen molar-refractivity contribution in [3.05, 3.63) is 59.4 Å². The Bertz CT molecular complexity index is 871. The van der Waals surface area contributed by atoms with Crippen LogP contribution >= 0.6 is 0 Å². The first-order valence-corrected chi connectivity index (χ1v) is 8.80. The number of rotatable bonds is 9. The lowest BCUT2D eigenvalue weighted by molar-refractivity contribution is -0.126. The van der Waals surface area contributed by atoms with Gasteiger partial charge in [0, 0.05) is 19.2 Å². The zero-order valence-corrected chi connectivity index (χ0v) is 16.3. The van der Waals surface area contributed by atoms with Crippen LogP contribution in [0.2, 0.25) is 0 Å². The highest BCUT2D eigenvalue weighted by molar-refractivity contribution is 5.91. The van der Waals surface area contributed by atoms with Gasteiger partial charge in [-0.15, -0.1) is 0 Å². The molecule has 0 heterocycles. The van der Waals surface area contributed by atoms with E-state index in [1.54, 1.807) is 6.07 Å². The largest absolute Gasteiger partial charge is 0.494 e. The van der Waals surface area contributed by atoms with E-state index in [0.717, 1.165) is 0 Å². The first kappa shape index (κ1) is 22.1. The lowest BCUT2D eigenvalue weighted by atomic mass is 10.1. The van der Waals surface area contributed by atoms with E-state index in [4.69, 9.17) is 9.47 Å². The molecule has 0 aliphatic rings. The SMILES string of the molecule is CCN(Cc1ccc(OC)c(F)c1)C(=O)/C=C/c1ccc(OC(F)F)c(OC)c1. The number of hydrogen-bond donors (Lipinski definition) is 0. The topological polar surface area (TPSA) is 48.0 Å². The lowest BCUT2D eigenvalue weighted by Gasteiger charge is -2.19. The molecule has 0 aliphatic carbocycles. The Kier molecular flexibility index (Phi) is 7.94. The predicted molar refractivity (Wildman–Crippen MR) is 103 cm³/mol. The minimum absolute atomic E-state index is 0.0947. The minimum atomic E-state index is -2.97. The summed E-state index contributed by atoms with van der Waals surface area (Å²) < 4.78 is 52.9. The van der Waals surface area contributed by atoms with Crippen molar-refractivity contribution < 1.29 is 32.2 Å². The first-order chi connectivity index (χ1) is 13.9. The van der Waals surface area contributed by atoms with Crippen LogP contribution in [-0.4, -0.2) is 38.2 Å². The number of likely N-dealkylation sites (N-methyl/N-ethyl adjacent to an activating group) is 1. The summed E-state index contributed by atoms with van der Waals surface area (Å²) in [5, 5.41) is 0. The van der Waals surface area contributed by atoms with Crippen LogP contribution in [0.4, 0.5) is 13.2 Å². The zero-order valence-electron chi connectivity index (χ0n) is 16.3. The average molecular weight is 409 g/mol. The number of nitrogens with zero attached hydrogens (tertiary/aromatic N) is 1. The highest BCUT2D eigenvalue weighted by atomic mass is 19.3. The second-order valence-electron chi connectivity index (χ2n) is 5.94. The van der Waals surface area contributed by atoms with Gasteiger partial charge in [0.1, 0.15) is 0 Å². The molecular formula is C21H22F3NO4. The summed E-state index contributed by atoms with van der Waals surface area (Å²) >= 11 is 0. The second-order valence-corrected chi connectivity index (χ2v) is 5.94. The maximum absolute atomic E-state index is 13.8. The van der Waals surface area contributed by atoms with E-state index in [2.05, 4.69) is 4.74 Å². The van der Waals surface area contributed by atoms with Crippen molar-refractivity contribution in [3.8, 4) is 17.2 Å². The van der Waals surface area contributed by atoms with Crippen LogP contribution < -0.4 is 14.2 Å². The van der Waals surface area contributed by atoms with Crippen molar-refractivity contribution >= 4 is 12.0 Å². The Labute approximate surface area is 167 Å². The number of ether oxygens (including phenoxy) is 3. The third kappa shape index (κ3) is 6.17. The van der Waals surface area contributed by atoms with Crippen molar-refractivity contribution in [2.75, 3.05) is 20.8 Å². The van der Waals surface area contributed by atoms with Gasteiger partial charge in [0.15, 0.2) is 23.1 Å². The molecule has 0 atom stereocenters. The Morgan fingerprint density at radius 1 is 1.07 bits per heavy atom. The highest BCUT2D eigenvalue weighted by Crippen LogP contribution is 2.30. The summed E-state index contributed by atoms with van der Waals surface area (Å²) in [6, 6.07) is 8.87. The number of halogens is 3. The van der Waals surface area contributed by atoms with Gasteiger partial charge in [-0.2, -0.15) is 8.78 Å². The fraction of sp³-hybridized carbons (Fsp3) is 0.286. The molecule has 2 aromatic rings. The molecule has 0 fully saturated rings. The number of benzene rings is 2. The standard InChI is InChI=1S/C21H22F3NO4/c1-4-25(13-15-6-8-17(27-2)16(22)11-15)20(26)10-7-14-5-9-18(29-21(23)24)19(12-14)28-3/h5-12,21H,4,13H2,1-3H3/b10-7+. The minimum Gasteiger partial charge on any atom is -0.494 e. The van der Waals surface area contributed by atoms with Crippen LogP contribution in [-0.2, 0) is 11.3 Å². The fourth-order valence-corrected chi connectivity index (χ4v) is 2.63. The molecule has 0 bridgehead atoms. The molecule has 0 spiro atoms. The zero-order chi connectivity index (χ0) is 21.4. The number of hydrogen-bond acceptors (Lipinski definition) is 4. The molecule has 2 aromatic carbocycles. The number of carbonyl (C=O) groups excluding carboxylic acids is 1. The van der Waals surface area contributed by atoms with Gasteiger partial charge >= 0.3 is 6.61 Å². The number of carbonyl (C=O) groups is 1. The second kappa shape index (κ2) is 10.4. The van der Waals surface area contributed by atoms with E-state index >= 15 is 0 Å². The number of amides is 1. The number of methoxy groups -OCH3 is 2. The van der Waals surface area contributed by atoms with Gasteiger partial charge in [-0.25, -0.2) is 4.39 Å². The summed E-state index contributed by atoms with van der Waals surface area (Å²) in [6.45, 7) is -0.509. The lowest BCUT2D eigenvalue weighted by Crippen LogP contribution is -2.28. The van der Waals surface area contributed by atoms with E-state index in [0.29, 0.717) is 17.7 Å². The Morgan fingerprint density at radius 2 is 1.76 bits per heavy atom. The van der Waals surface area contributed by atoms with Crippen LogP contribution in [0, 0.1) is 5.82 Å². The molecule has 156 valence electrons. The third-order valence-corrected chi connectivity index (χ3v) is 4.11. The maximum Gasteiger partial charge on any atom is 0.387 e. The van der Waals surface area contributed by atoms with E-state index in [-0.39, 0.29) is 29.7 Å². The summed E-state index contributed by atoms with van der Waals surface area (Å²) in [5.74, 6) is -0.613. The highest BCUT2D eigenvalue weighted by Gasteiger charge is 2.13. The van der Waals surface area contributed by atoms with Gasteiger partial charge in [0.25, 0.3) is 0 Å². The Balaban J connectivity index is 2.10. The Morgan fingerprint density at radius 3 is 2.34 bits per heavy atom. The van der Waals surface area contributed by atoms with Crippen LogP contribution in [0.15, 0.2) is 42.5 Å². The molecule has 0 radical (unpaired) electrons. The summed E-state index contributed by atoms with van der Waals surface area (Å²) in [4.78, 5) is 14.0. The molecule has 0 saturated carbocycles. The molecule has 29 heavy (non-hydrogen) atoms. The predicted octanol–water partition coefficient (Wildman–Crippen LogP) is 4.51. The molecule has 0 aromatic heterocycles. The Hall–Kier alpha value is -3.16. The van der Waals surface area contributed by atoms with E-state index < -0.39 is 12.4 Å². The van der Waals surface area contributed by atoms with Gasteiger partial charge in [-0.1, -0.05) is 12.1 Å². The van der Waals surface area contributed by atoms with Gasteiger partial charge in [0.05, 0.1) is 14.2 Å². The van der Waals surface area contributed by atoms with Crippen molar-refractivity contribution in [2.24, 2.45) is 0 Å². The van der Waals surface area contributed by atoms with E-state index in [1.165, 1.54) is 61.6 Å². The molecular weight excluding hydrogens is 387 g/mol. The third-order valence-electron chi connectivity index (χ3n) is 4.11. The monoisotopic (exact) mass is 409 g/mol. The normalized spacial score (nSPS) is 11.0. The van der Waals surface area contributed by atoms with Gasteiger partial charge in [-0.05, 0) is 48.4 Å². The molecule has 8 heteroatoms. The number of alkyl halides is 2. The van der Waals surface area contributed by atoms with Crippen LogP contribution in [0.3, 0.4) is 0 Å². The molecule has 5 nitrogen and oxygen atoms in total. The van der Waals surface area contributed by atoms with Crippen LogP contribution in [0.5, 0.6) is 17.2 Å². The molecule has 0 N–H and O–H groups in total. The van der Waals surface area contributed by atoms with Gasteiger partial charge in [-0.3, -0.25) is 4.79 Å². The van der Waals surface area contributed by atoms with E-state index in [9.17, 15) is 18.0 Å². The van der Waals surface area contributed by atoms with E-state index in [1.807, 2.05) is 6.92 Å². The molecule has 0 aliphatic heterocycles. The molecule has 1 amide bonds. The van der Waals surface area contributed by atoms with Crippen molar-refractivity contribution in [2.45, 2.75) is 20.1 Å². The van der Waals surface area contributed by atoms with Crippen molar-refractivity contribution in [3.63, 3.8) is 0 Å². The molecule has 0 unspecified atom stereocenters. The summed E-state index contributed by atoms with van der Waals surface area (Å²) in [7, 11) is 2.71. The van der Waals surface area contributed by atoms with Crippen LogP contribution in [0.1, 0.15) is 18.1 Å².